The van der Waals surface area contributed by atoms with E-state index in [0.29, 0.717) is 11.3 Å². The monoisotopic (exact) mass is 296 g/mol. The number of hydrogen-bond acceptors (Lipinski definition) is 4. The molecule has 2 aromatic rings. The van der Waals surface area contributed by atoms with E-state index in [2.05, 4.69) is 9.97 Å². The Morgan fingerprint density at radius 2 is 1.86 bits per heavy atom. The zero-order valence-electron chi connectivity index (χ0n) is 10.9. The summed E-state index contributed by atoms with van der Waals surface area (Å²) in [6.07, 6.45) is -3.12. The number of nitrogens with zero attached hydrogens (tertiary/aromatic N) is 2. The van der Waals surface area contributed by atoms with Crippen LogP contribution in [0.2, 0.25) is 0 Å². The van der Waals surface area contributed by atoms with Crippen LogP contribution < -0.4 is 11.3 Å². The molecule has 3 N–H and O–H groups in total. The fourth-order valence-electron chi connectivity index (χ4n) is 1.72. The van der Waals surface area contributed by atoms with Gasteiger partial charge in [0, 0.05) is 11.8 Å². The van der Waals surface area contributed by atoms with Crippen molar-refractivity contribution in [3.63, 3.8) is 0 Å². The normalized spacial score (nSPS) is 11.3. The highest BCUT2D eigenvalue weighted by Crippen LogP contribution is 2.30. The molecule has 1 aromatic heterocycles. The van der Waals surface area contributed by atoms with Crippen LogP contribution in [0.4, 0.5) is 13.2 Å². The summed E-state index contributed by atoms with van der Waals surface area (Å²) < 4.78 is 37.4. The summed E-state index contributed by atoms with van der Waals surface area (Å²) in [7, 11) is 0. The van der Waals surface area contributed by atoms with Gasteiger partial charge in [0.1, 0.15) is 0 Å². The van der Waals surface area contributed by atoms with Crippen LogP contribution in [0.3, 0.4) is 0 Å². The number of hydrazine groups is 1. The standard InChI is InChI=1S/C13H11F3N4O/c1-7-10(12(21)20-17)6-18-11(19-7)8-2-4-9(5-3-8)13(14,15)16/h2-6H,17H2,1H3,(H,20,21). The Morgan fingerprint density at radius 1 is 1.24 bits per heavy atom. The van der Waals surface area contributed by atoms with Gasteiger partial charge in [-0.25, -0.2) is 15.8 Å². The molecule has 0 aliphatic rings. The SMILES string of the molecule is Cc1nc(-c2ccc(C(F)(F)F)cc2)ncc1C(=O)NN. The molecule has 110 valence electrons. The lowest BCUT2D eigenvalue weighted by molar-refractivity contribution is -0.137. The molecule has 1 amide bonds. The smallest absolute Gasteiger partial charge is 0.290 e. The van der Waals surface area contributed by atoms with Crippen molar-refractivity contribution in [3.8, 4) is 11.4 Å². The molecule has 1 heterocycles. The van der Waals surface area contributed by atoms with Crippen molar-refractivity contribution in [2.45, 2.75) is 13.1 Å². The molecule has 0 fully saturated rings. The second kappa shape index (κ2) is 5.49. The van der Waals surface area contributed by atoms with Crippen molar-refractivity contribution in [1.82, 2.24) is 15.4 Å². The fourth-order valence-corrected chi connectivity index (χ4v) is 1.72. The van der Waals surface area contributed by atoms with Gasteiger partial charge < -0.3 is 0 Å². The summed E-state index contributed by atoms with van der Waals surface area (Å²) in [6.45, 7) is 1.58. The molecule has 21 heavy (non-hydrogen) atoms. The van der Waals surface area contributed by atoms with Crippen LogP contribution in [0.1, 0.15) is 21.6 Å². The number of carbonyl (C=O) groups excluding carboxylic acids is 1. The van der Waals surface area contributed by atoms with Crippen molar-refractivity contribution < 1.29 is 18.0 Å². The van der Waals surface area contributed by atoms with Crippen LogP contribution in [0.25, 0.3) is 11.4 Å². The zero-order chi connectivity index (χ0) is 15.6. The van der Waals surface area contributed by atoms with E-state index >= 15 is 0 Å². The van der Waals surface area contributed by atoms with Crippen molar-refractivity contribution >= 4 is 5.91 Å². The van der Waals surface area contributed by atoms with E-state index in [9.17, 15) is 18.0 Å². The topological polar surface area (TPSA) is 80.9 Å². The number of benzene rings is 1. The molecular weight excluding hydrogens is 285 g/mol. The number of alkyl halides is 3. The molecule has 0 saturated carbocycles. The molecule has 5 nitrogen and oxygen atoms in total. The van der Waals surface area contributed by atoms with Crippen LogP contribution in [-0.2, 0) is 6.18 Å². The van der Waals surface area contributed by atoms with E-state index < -0.39 is 17.6 Å². The Morgan fingerprint density at radius 3 is 2.33 bits per heavy atom. The first-order valence-corrected chi connectivity index (χ1v) is 5.85. The number of rotatable bonds is 2. The lowest BCUT2D eigenvalue weighted by Gasteiger charge is -2.08. The van der Waals surface area contributed by atoms with Crippen LogP contribution in [0.5, 0.6) is 0 Å². The first-order chi connectivity index (χ1) is 9.82. The molecule has 1 aromatic carbocycles. The summed E-state index contributed by atoms with van der Waals surface area (Å²) in [6, 6.07) is 4.46. The van der Waals surface area contributed by atoms with E-state index in [1.807, 2.05) is 5.43 Å². The van der Waals surface area contributed by atoms with Gasteiger partial charge in [0.15, 0.2) is 5.82 Å². The Bertz CT molecular complexity index is 668. The second-order valence-electron chi connectivity index (χ2n) is 4.24. The van der Waals surface area contributed by atoms with E-state index in [1.54, 1.807) is 6.92 Å². The lowest BCUT2D eigenvalue weighted by atomic mass is 10.1. The van der Waals surface area contributed by atoms with Gasteiger partial charge >= 0.3 is 6.18 Å². The van der Waals surface area contributed by atoms with Gasteiger partial charge in [0.2, 0.25) is 0 Å². The van der Waals surface area contributed by atoms with Gasteiger partial charge in [-0.1, -0.05) is 12.1 Å². The predicted octanol–water partition coefficient (Wildman–Crippen LogP) is 2.07. The Balaban J connectivity index is 2.35. The number of halogens is 3. The minimum atomic E-state index is -4.39. The third-order valence-corrected chi connectivity index (χ3v) is 2.83. The van der Waals surface area contributed by atoms with Crippen molar-refractivity contribution in [2.75, 3.05) is 0 Å². The highest BCUT2D eigenvalue weighted by atomic mass is 19.4. The second-order valence-corrected chi connectivity index (χ2v) is 4.24. The molecule has 0 unspecified atom stereocenters. The minimum absolute atomic E-state index is 0.202. The molecule has 0 bridgehead atoms. The van der Waals surface area contributed by atoms with Gasteiger partial charge in [0.25, 0.3) is 5.91 Å². The average molecular weight is 296 g/mol. The van der Waals surface area contributed by atoms with Crippen molar-refractivity contribution in [2.24, 2.45) is 5.84 Å². The predicted molar refractivity (Wildman–Crippen MR) is 68.9 cm³/mol. The number of carbonyl (C=O) groups is 1. The summed E-state index contributed by atoms with van der Waals surface area (Å²) in [5.74, 6) is 4.71. The van der Waals surface area contributed by atoms with Gasteiger partial charge in [-0.15, -0.1) is 0 Å². The molecule has 0 atom stereocenters. The third kappa shape index (κ3) is 3.16. The first-order valence-electron chi connectivity index (χ1n) is 5.85. The van der Waals surface area contributed by atoms with Crippen LogP contribution in [0.15, 0.2) is 30.5 Å². The number of nitrogens with one attached hydrogen (secondary N) is 1. The number of aryl methyl sites for hydroxylation is 1. The average Bonchev–Trinajstić information content (AvgIpc) is 2.45. The zero-order valence-corrected chi connectivity index (χ0v) is 10.9. The largest absolute Gasteiger partial charge is 0.416 e. The van der Waals surface area contributed by atoms with E-state index in [1.165, 1.54) is 18.3 Å². The highest BCUT2D eigenvalue weighted by molar-refractivity contribution is 5.94. The molecule has 0 radical (unpaired) electrons. The van der Waals surface area contributed by atoms with Crippen LogP contribution >= 0.6 is 0 Å². The molecule has 0 aliphatic heterocycles. The van der Waals surface area contributed by atoms with Gasteiger partial charge in [-0.3, -0.25) is 10.2 Å². The maximum absolute atomic E-state index is 12.5. The van der Waals surface area contributed by atoms with Gasteiger partial charge in [-0.05, 0) is 19.1 Å². The molecular formula is C13H11F3N4O. The lowest BCUT2D eigenvalue weighted by Crippen LogP contribution is -2.31. The highest BCUT2D eigenvalue weighted by Gasteiger charge is 2.30. The van der Waals surface area contributed by atoms with Crippen LogP contribution in [0, 0.1) is 6.92 Å². The summed E-state index contributed by atoms with van der Waals surface area (Å²) in [4.78, 5) is 19.5. The first kappa shape index (κ1) is 14.9. The minimum Gasteiger partial charge on any atom is -0.290 e. The quantitative estimate of drug-likeness (QED) is 0.505. The number of aromatic nitrogens is 2. The van der Waals surface area contributed by atoms with E-state index in [0.717, 1.165) is 12.1 Å². The summed E-state index contributed by atoms with van der Waals surface area (Å²) in [5, 5.41) is 0. The molecule has 0 saturated heterocycles. The molecule has 0 aliphatic carbocycles. The maximum atomic E-state index is 12.5. The Kier molecular flexibility index (Phi) is 3.90. The Hall–Kier alpha value is -2.48. The number of amides is 1. The van der Waals surface area contributed by atoms with E-state index in [-0.39, 0.29) is 11.4 Å². The van der Waals surface area contributed by atoms with Gasteiger partial charge in [-0.2, -0.15) is 13.2 Å². The fraction of sp³-hybridized carbons (Fsp3) is 0.154. The Labute approximate surface area is 118 Å². The third-order valence-electron chi connectivity index (χ3n) is 2.83. The summed E-state index contributed by atoms with van der Waals surface area (Å²) in [5.41, 5.74) is 2.22. The van der Waals surface area contributed by atoms with Crippen LogP contribution in [-0.4, -0.2) is 15.9 Å². The van der Waals surface area contributed by atoms with Crippen molar-refractivity contribution in [3.05, 3.63) is 47.3 Å². The maximum Gasteiger partial charge on any atom is 0.416 e. The number of nitrogen functional groups attached to an aromatic ring is 1. The number of nitrogens with two attached hydrogens (primary N) is 1. The molecule has 2 rings (SSSR count). The molecule has 0 spiro atoms. The van der Waals surface area contributed by atoms with Gasteiger partial charge in [0.05, 0.1) is 16.8 Å². The number of hydrogen-bond donors (Lipinski definition) is 2. The summed E-state index contributed by atoms with van der Waals surface area (Å²) >= 11 is 0. The molecule has 8 heteroatoms. The van der Waals surface area contributed by atoms with E-state index in [4.69, 9.17) is 5.84 Å². The van der Waals surface area contributed by atoms with Crippen molar-refractivity contribution in [1.29, 1.82) is 0 Å².